The number of carbonyl (C=O) groups is 1. The Balaban J connectivity index is 2.12. The highest BCUT2D eigenvalue weighted by atomic mass is 32.2. The first-order valence-corrected chi connectivity index (χ1v) is 7.47. The largest absolute Gasteiger partial charge is 0.305 e. The normalized spacial score (nSPS) is 12.1. The van der Waals surface area contributed by atoms with Crippen LogP contribution in [-0.4, -0.2) is 26.2 Å². The van der Waals surface area contributed by atoms with Gasteiger partial charge in [0, 0.05) is 47.7 Å². The van der Waals surface area contributed by atoms with Crippen LogP contribution in [0.2, 0.25) is 0 Å². The van der Waals surface area contributed by atoms with Crippen molar-refractivity contribution in [2.24, 2.45) is 7.05 Å². The van der Waals surface area contributed by atoms with E-state index in [0.717, 1.165) is 5.56 Å². The van der Waals surface area contributed by atoms with Gasteiger partial charge in [0.2, 0.25) is 0 Å². The number of anilines is 1. The summed E-state index contributed by atoms with van der Waals surface area (Å²) in [5.74, 6) is 0.740. The minimum absolute atomic E-state index is 0.220. The SMILES string of the molecule is Cn1ccc(NC(=O)c2cccc(CS(C)=O)c2)n1. The third-order valence-corrected chi connectivity index (χ3v) is 3.25. The Kier molecular flexibility index (Phi) is 4.11. The molecule has 2 rings (SSSR count). The first-order valence-electron chi connectivity index (χ1n) is 5.74. The molecule has 0 aliphatic heterocycles. The fraction of sp³-hybridized carbons (Fsp3) is 0.231. The Labute approximate surface area is 114 Å². The molecule has 1 amide bonds. The lowest BCUT2D eigenvalue weighted by atomic mass is 10.1. The van der Waals surface area contributed by atoms with Crippen LogP contribution >= 0.6 is 0 Å². The monoisotopic (exact) mass is 277 g/mol. The molecule has 1 aromatic carbocycles. The molecule has 1 aromatic heterocycles. The van der Waals surface area contributed by atoms with E-state index in [0.29, 0.717) is 17.1 Å². The number of hydrogen-bond acceptors (Lipinski definition) is 3. The summed E-state index contributed by atoms with van der Waals surface area (Å²) >= 11 is 0. The molecule has 6 heteroatoms. The zero-order valence-electron chi connectivity index (χ0n) is 10.8. The van der Waals surface area contributed by atoms with Crippen LogP contribution in [0.4, 0.5) is 5.82 Å². The average molecular weight is 277 g/mol. The van der Waals surface area contributed by atoms with E-state index in [2.05, 4.69) is 10.4 Å². The molecule has 1 atom stereocenters. The van der Waals surface area contributed by atoms with Crippen LogP contribution in [0.25, 0.3) is 0 Å². The molecule has 0 fully saturated rings. The van der Waals surface area contributed by atoms with Crippen LogP contribution in [0, 0.1) is 0 Å². The average Bonchev–Trinajstić information content (AvgIpc) is 2.74. The molecule has 5 nitrogen and oxygen atoms in total. The van der Waals surface area contributed by atoms with Crippen LogP contribution in [0.1, 0.15) is 15.9 Å². The van der Waals surface area contributed by atoms with Gasteiger partial charge in [0.05, 0.1) is 0 Å². The highest BCUT2D eigenvalue weighted by Crippen LogP contribution is 2.10. The van der Waals surface area contributed by atoms with E-state index >= 15 is 0 Å². The molecule has 0 aliphatic carbocycles. The molecule has 0 radical (unpaired) electrons. The summed E-state index contributed by atoms with van der Waals surface area (Å²) in [4.78, 5) is 12.0. The molecular weight excluding hydrogens is 262 g/mol. The summed E-state index contributed by atoms with van der Waals surface area (Å²) in [6.45, 7) is 0. The molecule has 1 N–H and O–H groups in total. The minimum atomic E-state index is -0.920. The maximum Gasteiger partial charge on any atom is 0.256 e. The number of aromatic nitrogens is 2. The molecular formula is C13H15N3O2S. The Morgan fingerprint density at radius 3 is 2.84 bits per heavy atom. The van der Waals surface area contributed by atoms with E-state index in [9.17, 15) is 9.00 Å². The number of nitrogens with zero attached hydrogens (tertiary/aromatic N) is 2. The third kappa shape index (κ3) is 3.75. The fourth-order valence-corrected chi connectivity index (χ4v) is 2.36. The number of rotatable bonds is 4. The Morgan fingerprint density at radius 2 is 2.21 bits per heavy atom. The Bertz CT molecular complexity index is 622. The van der Waals surface area contributed by atoms with Gasteiger partial charge in [0.15, 0.2) is 5.82 Å². The van der Waals surface area contributed by atoms with Gasteiger partial charge in [-0.2, -0.15) is 5.10 Å². The maximum absolute atomic E-state index is 12.0. The molecule has 1 heterocycles. The molecule has 0 saturated carbocycles. The minimum Gasteiger partial charge on any atom is -0.305 e. The molecule has 0 spiro atoms. The van der Waals surface area contributed by atoms with Gasteiger partial charge in [-0.1, -0.05) is 12.1 Å². The zero-order chi connectivity index (χ0) is 13.8. The molecule has 0 saturated heterocycles. The lowest BCUT2D eigenvalue weighted by Gasteiger charge is -2.04. The Hall–Kier alpha value is -1.95. The van der Waals surface area contributed by atoms with Gasteiger partial charge in [-0.3, -0.25) is 13.7 Å². The van der Waals surface area contributed by atoms with Gasteiger partial charge in [0.25, 0.3) is 5.91 Å². The molecule has 2 aromatic rings. The number of benzene rings is 1. The van der Waals surface area contributed by atoms with Crippen molar-refractivity contribution in [2.75, 3.05) is 11.6 Å². The molecule has 100 valence electrons. The van der Waals surface area contributed by atoms with Crippen LogP contribution < -0.4 is 5.32 Å². The summed E-state index contributed by atoms with van der Waals surface area (Å²) in [5.41, 5.74) is 1.42. The topological polar surface area (TPSA) is 64.0 Å². The molecule has 1 unspecified atom stereocenters. The van der Waals surface area contributed by atoms with Crippen molar-refractivity contribution in [3.05, 3.63) is 47.7 Å². The smallest absolute Gasteiger partial charge is 0.256 e. The quantitative estimate of drug-likeness (QED) is 0.922. The van der Waals surface area contributed by atoms with E-state index in [1.807, 2.05) is 6.07 Å². The van der Waals surface area contributed by atoms with Crippen molar-refractivity contribution in [3.63, 3.8) is 0 Å². The first-order chi connectivity index (χ1) is 9.04. The summed E-state index contributed by atoms with van der Waals surface area (Å²) in [6.07, 6.45) is 3.40. The van der Waals surface area contributed by atoms with Gasteiger partial charge in [0.1, 0.15) is 0 Å². The number of carbonyl (C=O) groups excluding carboxylic acids is 1. The van der Waals surface area contributed by atoms with Crippen molar-refractivity contribution in [1.82, 2.24) is 9.78 Å². The van der Waals surface area contributed by atoms with Gasteiger partial charge in [-0.15, -0.1) is 0 Å². The summed E-state index contributed by atoms with van der Waals surface area (Å²) in [7, 11) is 0.865. The van der Waals surface area contributed by atoms with Crippen molar-refractivity contribution in [3.8, 4) is 0 Å². The van der Waals surface area contributed by atoms with E-state index in [4.69, 9.17) is 0 Å². The highest BCUT2D eigenvalue weighted by Gasteiger charge is 2.08. The Morgan fingerprint density at radius 1 is 1.42 bits per heavy atom. The second-order valence-corrected chi connectivity index (χ2v) is 5.68. The zero-order valence-corrected chi connectivity index (χ0v) is 11.6. The second kappa shape index (κ2) is 5.79. The lowest BCUT2D eigenvalue weighted by molar-refractivity contribution is 0.102. The van der Waals surface area contributed by atoms with E-state index < -0.39 is 10.8 Å². The van der Waals surface area contributed by atoms with Crippen LogP contribution in [0.5, 0.6) is 0 Å². The second-order valence-electron chi connectivity index (χ2n) is 4.25. The predicted octanol–water partition coefficient (Wildman–Crippen LogP) is 1.55. The highest BCUT2D eigenvalue weighted by molar-refractivity contribution is 7.83. The summed E-state index contributed by atoms with van der Waals surface area (Å²) < 4.78 is 12.8. The van der Waals surface area contributed by atoms with Crippen LogP contribution in [-0.2, 0) is 23.6 Å². The standard InChI is InChI=1S/C13H15N3O2S/c1-16-7-6-12(15-16)14-13(17)11-5-3-4-10(8-11)9-19(2)18/h3-8H,9H2,1-2H3,(H,14,15,17). The fourth-order valence-electron chi connectivity index (χ4n) is 1.71. The number of aryl methyl sites for hydroxylation is 1. The number of nitrogens with one attached hydrogen (secondary N) is 1. The maximum atomic E-state index is 12.0. The molecule has 0 bridgehead atoms. The van der Waals surface area contributed by atoms with Crippen molar-refractivity contribution < 1.29 is 9.00 Å². The van der Waals surface area contributed by atoms with Gasteiger partial charge < -0.3 is 5.32 Å². The van der Waals surface area contributed by atoms with E-state index in [1.54, 1.807) is 48.4 Å². The van der Waals surface area contributed by atoms with Gasteiger partial charge >= 0.3 is 0 Å². The number of amides is 1. The summed E-state index contributed by atoms with van der Waals surface area (Å²) in [6, 6.07) is 8.84. The van der Waals surface area contributed by atoms with Crippen LogP contribution in [0.3, 0.4) is 0 Å². The van der Waals surface area contributed by atoms with Gasteiger partial charge in [-0.25, -0.2) is 0 Å². The van der Waals surface area contributed by atoms with Crippen molar-refractivity contribution in [1.29, 1.82) is 0 Å². The lowest BCUT2D eigenvalue weighted by Crippen LogP contribution is -2.13. The molecule has 19 heavy (non-hydrogen) atoms. The number of hydrogen-bond donors (Lipinski definition) is 1. The van der Waals surface area contributed by atoms with Crippen molar-refractivity contribution in [2.45, 2.75) is 5.75 Å². The van der Waals surface area contributed by atoms with Gasteiger partial charge in [-0.05, 0) is 17.7 Å². The van der Waals surface area contributed by atoms with Crippen molar-refractivity contribution >= 4 is 22.5 Å². The summed E-state index contributed by atoms with van der Waals surface area (Å²) in [5, 5.41) is 6.80. The van der Waals surface area contributed by atoms with E-state index in [1.165, 1.54) is 0 Å². The van der Waals surface area contributed by atoms with Crippen LogP contribution in [0.15, 0.2) is 36.5 Å². The molecule has 0 aliphatic rings. The third-order valence-electron chi connectivity index (χ3n) is 2.51. The predicted molar refractivity (Wildman–Crippen MR) is 75.4 cm³/mol. The van der Waals surface area contributed by atoms with E-state index in [-0.39, 0.29) is 5.91 Å². The first kappa shape index (κ1) is 13.5.